The number of hydrogen-bond donors (Lipinski definition) is 0. The van der Waals surface area contributed by atoms with Crippen molar-refractivity contribution in [2.24, 2.45) is 5.92 Å². The molecule has 8 nitrogen and oxygen atoms in total. The van der Waals surface area contributed by atoms with Gasteiger partial charge < -0.3 is 4.74 Å². The number of anilines is 2. The Morgan fingerprint density at radius 2 is 2.00 bits per heavy atom. The van der Waals surface area contributed by atoms with Crippen LogP contribution >= 0.6 is 0 Å². The predicted molar refractivity (Wildman–Crippen MR) is 101 cm³/mol. The molecule has 2 aromatic rings. The lowest BCUT2D eigenvalue weighted by Crippen LogP contribution is -2.47. The minimum atomic E-state index is -0.127. The first-order valence-electron chi connectivity index (χ1n) is 8.77. The third-order valence-electron chi connectivity index (χ3n) is 4.21. The second-order valence-corrected chi connectivity index (χ2v) is 6.58. The number of methoxy groups -OCH3 is 1. The molecule has 0 radical (unpaired) electrons. The predicted octanol–water partition coefficient (Wildman–Crippen LogP) is 2.68. The monoisotopic (exact) mass is 366 g/mol. The largest absolute Gasteiger partial charge is 0.497 e. The molecule has 8 heteroatoms. The average molecular weight is 366 g/mol. The van der Waals surface area contributed by atoms with Crippen molar-refractivity contribution in [2.75, 3.05) is 36.7 Å². The lowest BCUT2D eigenvalue weighted by Gasteiger charge is -2.33. The van der Waals surface area contributed by atoms with Gasteiger partial charge in [0.2, 0.25) is 5.82 Å². The van der Waals surface area contributed by atoms with Crippen LogP contribution in [0.2, 0.25) is 0 Å². The molecule has 1 aromatic heterocycles. The van der Waals surface area contributed by atoms with E-state index in [2.05, 4.69) is 23.8 Å². The molecule has 0 spiro atoms. The van der Waals surface area contributed by atoms with Crippen molar-refractivity contribution in [3.8, 4) is 11.8 Å². The maximum atomic E-state index is 13.1. The van der Waals surface area contributed by atoms with Gasteiger partial charge in [0.15, 0.2) is 5.82 Å². The van der Waals surface area contributed by atoms with Crippen molar-refractivity contribution >= 4 is 17.5 Å². The Kier molecular flexibility index (Phi) is 5.41. The van der Waals surface area contributed by atoms with Crippen LogP contribution < -0.4 is 14.6 Å². The van der Waals surface area contributed by atoms with Gasteiger partial charge in [0.25, 0.3) is 0 Å². The van der Waals surface area contributed by atoms with Gasteiger partial charge in [0, 0.05) is 31.0 Å². The van der Waals surface area contributed by atoms with Crippen LogP contribution in [0.25, 0.3) is 0 Å². The van der Waals surface area contributed by atoms with E-state index in [1.807, 2.05) is 35.3 Å². The summed E-state index contributed by atoms with van der Waals surface area (Å²) in [6.07, 6.45) is 1.54. The van der Waals surface area contributed by atoms with Crippen LogP contribution in [0.5, 0.6) is 5.75 Å². The van der Waals surface area contributed by atoms with Gasteiger partial charge in [-0.25, -0.2) is 14.8 Å². The lowest BCUT2D eigenvalue weighted by molar-refractivity contribution is 0.213. The average Bonchev–Trinajstić information content (AvgIpc) is 3.07. The molecule has 2 heterocycles. The van der Waals surface area contributed by atoms with Crippen molar-refractivity contribution in [1.29, 1.82) is 5.26 Å². The summed E-state index contributed by atoms with van der Waals surface area (Å²) in [7, 11) is 1.61. The zero-order chi connectivity index (χ0) is 19.4. The first-order valence-corrected chi connectivity index (χ1v) is 8.77. The number of carbonyl (C=O) groups is 1. The van der Waals surface area contributed by atoms with E-state index in [0.29, 0.717) is 31.4 Å². The smallest absolute Gasteiger partial charge is 0.343 e. The van der Waals surface area contributed by atoms with Gasteiger partial charge in [0.05, 0.1) is 13.7 Å². The maximum absolute atomic E-state index is 13.1. The minimum absolute atomic E-state index is 0.0833. The van der Waals surface area contributed by atoms with Crippen LogP contribution in [0.4, 0.5) is 16.3 Å². The molecule has 0 saturated carbocycles. The van der Waals surface area contributed by atoms with Gasteiger partial charge in [-0.05, 0) is 30.2 Å². The third kappa shape index (κ3) is 3.92. The van der Waals surface area contributed by atoms with E-state index >= 15 is 0 Å². The van der Waals surface area contributed by atoms with E-state index in [1.165, 1.54) is 6.20 Å². The fourth-order valence-corrected chi connectivity index (χ4v) is 2.96. The van der Waals surface area contributed by atoms with Crippen LogP contribution in [0.1, 0.15) is 19.7 Å². The summed E-state index contributed by atoms with van der Waals surface area (Å²) in [5.41, 5.74) is 0.813. The second-order valence-electron chi connectivity index (χ2n) is 6.58. The van der Waals surface area contributed by atoms with Crippen molar-refractivity contribution in [3.63, 3.8) is 0 Å². The standard InChI is InChI=1S/C19H22N6O2/c1-14(2)13-25(18-8-9-21-17(12-20)22-18)24-11-10-23(19(24)26)15-4-6-16(27-3)7-5-15/h4-9,14H,10-11,13H2,1-3H3. The fourth-order valence-electron chi connectivity index (χ4n) is 2.96. The van der Waals surface area contributed by atoms with Gasteiger partial charge in [-0.3, -0.25) is 9.91 Å². The number of nitriles is 1. The third-order valence-corrected chi connectivity index (χ3v) is 4.21. The molecule has 1 fully saturated rings. The molecule has 140 valence electrons. The molecule has 2 amide bonds. The number of benzene rings is 1. The highest BCUT2D eigenvalue weighted by atomic mass is 16.5. The summed E-state index contributed by atoms with van der Waals surface area (Å²) in [5.74, 6) is 1.67. The molecule has 1 aliphatic heterocycles. The summed E-state index contributed by atoms with van der Waals surface area (Å²) >= 11 is 0. The first-order chi connectivity index (χ1) is 13.0. The first kappa shape index (κ1) is 18.5. The number of hydrogen-bond acceptors (Lipinski definition) is 6. The van der Waals surface area contributed by atoms with Crippen molar-refractivity contribution in [2.45, 2.75) is 13.8 Å². The molecule has 1 saturated heterocycles. The Bertz CT molecular complexity index is 846. The molecule has 1 aliphatic rings. The highest BCUT2D eigenvalue weighted by Crippen LogP contribution is 2.26. The van der Waals surface area contributed by atoms with E-state index in [1.54, 1.807) is 23.1 Å². The summed E-state index contributed by atoms with van der Waals surface area (Å²) in [6.45, 7) is 5.84. The lowest BCUT2D eigenvalue weighted by atomic mass is 10.2. The summed E-state index contributed by atoms with van der Waals surface area (Å²) in [6, 6.07) is 10.9. The van der Waals surface area contributed by atoms with Gasteiger partial charge in [0.1, 0.15) is 11.8 Å². The highest BCUT2D eigenvalue weighted by molar-refractivity contribution is 5.95. The van der Waals surface area contributed by atoms with E-state index in [0.717, 1.165) is 11.4 Å². The van der Waals surface area contributed by atoms with Crippen LogP contribution in [-0.2, 0) is 0 Å². The Labute approximate surface area is 158 Å². The van der Waals surface area contributed by atoms with Crippen LogP contribution in [0.15, 0.2) is 36.5 Å². The topological polar surface area (TPSA) is 85.6 Å². The van der Waals surface area contributed by atoms with Gasteiger partial charge in [-0.1, -0.05) is 13.8 Å². The van der Waals surface area contributed by atoms with Crippen LogP contribution in [0.3, 0.4) is 0 Å². The molecular weight excluding hydrogens is 344 g/mol. The van der Waals surface area contributed by atoms with Crippen molar-refractivity contribution < 1.29 is 9.53 Å². The Hall–Kier alpha value is -3.34. The van der Waals surface area contributed by atoms with E-state index in [4.69, 9.17) is 10.00 Å². The number of urea groups is 1. The Morgan fingerprint density at radius 3 is 2.63 bits per heavy atom. The summed E-state index contributed by atoms with van der Waals surface area (Å²) in [4.78, 5) is 23.0. The zero-order valence-electron chi connectivity index (χ0n) is 15.7. The minimum Gasteiger partial charge on any atom is -0.497 e. The van der Waals surface area contributed by atoms with Gasteiger partial charge >= 0.3 is 6.03 Å². The fraction of sp³-hybridized carbons (Fsp3) is 0.368. The molecule has 0 N–H and O–H groups in total. The Morgan fingerprint density at radius 1 is 1.26 bits per heavy atom. The summed E-state index contributed by atoms with van der Waals surface area (Å²) in [5, 5.41) is 12.6. The molecular formula is C19H22N6O2. The number of amides is 2. The number of nitrogens with zero attached hydrogens (tertiary/aromatic N) is 6. The van der Waals surface area contributed by atoms with Gasteiger partial charge in [-0.15, -0.1) is 0 Å². The number of rotatable bonds is 6. The van der Waals surface area contributed by atoms with Crippen molar-refractivity contribution in [1.82, 2.24) is 15.0 Å². The number of aromatic nitrogens is 2. The molecule has 0 bridgehead atoms. The van der Waals surface area contributed by atoms with Gasteiger partial charge in [-0.2, -0.15) is 10.2 Å². The molecule has 1 aromatic carbocycles. The number of carbonyl (C=O) groups excluding carboxylic acids is 1. The van der Waals surface area contributed by atoms with Crippen LogP contribution in [-0.4, -0.2) is 47.8 Å². The van der Waals surface area contributed by atoms with E-state index in [9.17, 15) is 4.79 Å². The highest BCUT2D eigenvalue weighted by Gasteiger charge is 2.34. The molecule has 0 unspecified atom stereocenters. The van der Waals surface area contributed by atoms with Crippen molar-refractivity contribution in [3.05, 3.63) is 42.4 Å². The summed E-state index contributed by atoms with van der Waals surface area (Å²) < 4.78 is 5.18. The second kappa shape index (κ2) is 7.91. The quantitative estimate of drug-likeness (QED) is 0.781. The normalized spacial score (nSPS) is 13.8. The number of ether oxygens (including phenoxy) is 1. The maximum Gasteiger partial charge on any atom is 0.343 e. The van der Waals surface area contributed by atoms with Crippen LogP contribution in [0, 0.1) is 17.2 Å². The molecule has 0 aliphatic carbocycles. The number of hydrazine groups is 1. The Balaban J connectivity index is 1.87. The zero-order valence-corrected chi connectivity index (χ0v) is 15.7. The van der Waals surface area contributed by atoms with E-state index in [-0.39, 0.29) is 11.9 Å². The van der Waals surface area contributed by atoms with E-state index < -0.39 is 0 Å². The molecule has 27 heavy (non-hydrogen) atoms. The SMILES string of the molecule is COc1ccc(N2CCN(N(CC(C)C)c3ccnc(C#N)n3)C2=O)cc1. The molecule has 0 atom stereocenters. The molecule has 3 rings (SSSR count).